The molecule has 0 amide bonds. The molecular formula is C11H22N2. The summed E-state index contributed by atoms with van der Waals surface area (Å²) < 4.78 is 0. The monoisotopic (exact) mass is 182 g/mol. The molecule has 2 N–H and O–H groups in total. The van der Waals surface area contributed by atoms with Crippen molar-refractivity contribution >= 4 is 0 Å². The van der Waals surface area contributed by atoms with E-state index in [9.17, 15) is 0 Å². The van der Waals surface area contributed by atoms with Gasteiger partial charge in [0.2, 0.25) is 0 Å². The van der Waals surface area contributed by atoms with Crippen LogP contribution in [0.5, 0.6) is 0 Å². The molecule has 0 aromatic rings. The summed E-state index contributed by atoms with van der Waals surface area (Å²) in [5.41, 5.74) is 6.44. The van der Waals surface area contributed by atoms with Crippen LogP contribution in [0.25, 0.3) is 0 Å². The standard InChI is InChI=1S/C11H22N2/c1-11(6-3-2-4-7-11)13-8-5-10(12)9-13/h10H,2-9,12H2,1H3. The van der Waals surface area contributed by atoms with E-state index < -0.39 is 0 Å². The minimum absolute atomic E-state index is 0.443. The van der Waals surface area contributed by atoms with Crippen molar-refractivity contribution in [3.8, 4) is 0 Å². The Morgan fingerprint density at radius 1 is 1.23 bits per heavy atom. The van der Waals surface area contributed by atoms with Crippen molar-refractivity contribution < 1.29 is 0 Å². The van der Waals surface area contributed by atoms with Gasteiger partial charge in [0, 0.05) is 24.7 Å². The molecule has 2 aliphatic rings. The summed E-state index contributed by atoms with van der Waals surface area (Å²) in [6, 6.07) is 0.443. The molecule has 1 saturated heterocycles. The van der Waals surface area contributed by atoms with E-state index in [-0.39, 0.29) is 0 Å². The zero-order chi connectivity index (χ0) is 9.31. The molecule has 0 aromatic heterocycles. The molecule has 2 heteroatoms. The Balaban J connectivity index is 1.97. The van der Waals surface area contributed by atoms with Crippen molar-refractivity contribution in [2.75, 3.05) is 13.1 Å². The molecule has 76 valence electrons. The van der Waals surface area contributed by atoms with Crippen LogP contribution in [0.4, 0.5) is 0 Å². The van der Waals surface area contributed by atoms with Gasteiger partial charge in [0.25, 0.3) is 0 Å². The summed E-state index contributed by atoms with van der Waals surface area (Å²) >= 11 is 0. The molecule has 2 nitrogen and oxygen atoms in total. The Labute approximate surface area is 81.5 Å². The number of nitrogens with zero attached hydrogens (tertiary/aromatic N) is 1. The first kappa shape index (κ1) is 9.47. The summed E-state index contributed by atoms with van der Waals surface area (Å²) in [6.45, 7) is 4.80. The predicted molar refractivity (Wildman–Crippen MR) is 55.7 cm³/mol. The normalized spacial score (nSPS) is 35.1. The third-order valence-electron chi connectivity index (χ3n) is 3.92. The lowest BCUT2D eigenvalue weighted by atomic mass is 9.82. The van der Waals surface area contributed by atoms with E-state index in [1.54, 1.807) is 0 Å². The van der Waals surface area contributed by atoms with E-state index in [2.05, 4.69) is 11.8 Å². The van der Waals surface area contributed by atoms with Crippen LogP contribution in [0.1, 0.15) is 45.4 Å². The van der Waals surface area contributed by atoms with Crippen molar-refractivity contribution in [2.24, 2.45) is 5.73 Å². The average molecular weight is 182 g/mol. The maximum Gasteiger partial charge on any atom is 0.0182 e. The Bertz CT molecular complexity index is 173. The maximum atomic E-state index is 5.95. The lowest BCUT2D eigenvalue weighted by molar-refractivity contribution is 0.0898. The molecule has 2 fully saturated rings. The smallest absolute Gasteiger partial charge is 0.0182 e. The largest absolute Gasteiger partial charge is 0.326 e. The summed E-state index contributed by atoms with van der Waals surface area (Å²) in [4.78, 5) is 2.64. The number of hydrogen-bond acceptors (Lipinski definition) is 2. The molecule has 13 heavy (non-hydrogen) atoms. The number of rotatable bonds is 1. The number of nitrogens with two attached hydrogens (primary N) is 1. The molecule has 0 aromatic carbocycles. The van der Waals surface area contributed by atoms with E-state index in [1.165, 1.54) is 45.1 Å². The van der Waals surface area contributed by atoms with Crippen molar-refractivity contribution in [1.82, 2.24) is 4.90 Å². The molecule has 0 spiro atoms. The van der Waals surface area contributed by atoms with Crippen LogP contribution in [0.15, 0.2) is 0 Å². The third kappa shape index (κ3) is 1.89. The van der Waals surface area contributed by atoms with E-state index in [0.29, 0.717) is 11.6 Å². The Morgan fingerprint density at radius 2 is 1.92 bits per heavy atom. The minimum atomic E-state index is 0.443. The summed E-state index contributed by atoms with van der Waals surface area (Å²) in [6.07, 6.45) is 8.26. The van der Waals surface area contributed by atoms with Crippen LogP contribution in [0.3, 0.4) is 0 Å². The second kappa shape index (κ2) is 3.58. The minimum Gasteiger partial charge on any atom is -0.326 e. The van der Waals surface area contributed by atoms with Crippen LogP contribution >= 0.6 is 0 Å². The second-order valence-electron chi connectivity index (χ2n) is 5.05. The Hall–Kier alpha value is -0.0800. The van der Waals surface area contributed by atoms with Gasteiger partial charge in [-0.05, 0) is 26.2 Å². The third-order valence-corrected chi connectivity index (χ3v) is 3.92. The highest BCUT2D eigenvalue weighted by Gasteiger charge is 2.36. The Morgan fingerprint density at radius 3 is 2.46 bits per heavy atom. The molecule has 1 atom stereocenters. The molecule has 1 aliphatic heterocycles. The molecule has 1 saturated carbocycles. The predicted octanol–water partition coefficient (Wildman–Crippen LogP) is 1.74. The van der Waals surface area contributed by atoms with Gasteiger partial charge < -0.3 is 5.73 Å². The summed E-state index contributed by atoms with van der Waals surface area (Å²) in [5.74, 6) is 0. The molecule has 2 rings (SSSR count). The molecular weight excluding hydrogens is 160 g/mol. The molecule has 1 unspecified atom stereocenters. The number of likely N-dealkylation sites (tertiary alicyclic amines) is 1. The van der Waals surface area contributed by atoms with Gasteiger partial charge >= 0.3 is 0 Å². The first-order valence-corrected chi connectivity index (χ1v) is 5.71. The highest BCUT2D eigenvalue weighted by atomic mass is 15.2. The number of hydrogen-bond donors (Lipinski definition) is 1. The average Bonchev–Trinajstić information content (AvgIpc) is 2.54. The van der Waals surface area contributed by atoms with Gasteiger partial charge in [-0.15, -0.1) is 0 Å². The summed E-state index contributed by atoms with van der Waals surface area (Å²) in [7, 11) is 0. The van der Waals surface area contributed by atoms with Crippen LogP contribution in [0.2, 0.25) is 0 Å². The SMILES string of the molecule is CC1(N2CCC(N)C2)CCCCC1. The van der Waals surface area contributed by atoms with Gasteiger partial charge in [-0.2, -0.15) is 0 Å². The van der Waals surface area contributed by atoms with Crippen molar-refractivity contribution in [3.05, 3.63) is 0 Å². The van der Waals surface area contributed by atoms with Gasteiger partial charge in [-0.25, -0.2) is 0 Å². The molecule has 0 radical (unpaired) electrons. The fraction of sp³-hybridized carbons (Fsp3) is 1.00. The van der Waals surface area contributed by atoms with E-state index in [0.717, 1.165) is 6.54 Å². The fourth-order valence-electron chi connectivity index (χ4n) is 2.91. The quantitative estimate of drug-likeness (QED) is 0.669. The maximum absolute atomic E-state index is 5.95. The van der Waals surface area contributed by atoms with Crippen LogP contribution in [0, 0.1) is 0 Å². The second-order valence-corrected chi connectivity index (χ2v) is 5.05. The summed E-state index contributed by atoms with van der Waals surface area (Å²) in [5, 5.41) is 0. The van der Waals surface area contributed by atoms with E-state index in [4.69, 9.17) is 5.73 Å². The fourth-order valence-corrected chi connectivity index (χ4v) is 2.91. The van der Waals surface area contributed by atoms with Gasteiger partial charge in [-0.3, -0.25) is 4.90 Å². The molecule has 1 heterocycles. The Kier molecular flexibility index (Phi) is 2.61. The first-order valence-electron chi connectivity index (χ1n) is 5.71. The van der Waals surface area contributed by atoms with E-state index >= 15 is 0 Å². The van der Waals surface area contributed by atoms with Crippen molar-refractivity contribution in [2.45, 2.75) is 57.0 Å². The topological polar surface area (TPSA) is 29.3 Å². The van der Waals surface area contributed by atoms with Gasteiger partial charge in [0.15, 0.2) is 0 Å². The van der Waals surface area contributed by atoms with Gasteiger partial charge in [0.05, 0.1) is 0 Å². The zero-order valence-corrected chi connectivity index (χ0v) is 8.76. The lowest BCUT2D eigenvalue weighted by Gasteiger charge is -2.42. The first-order chi connectivity index (χ1) is 6.21. The van der Waals surface area contributed by atoms with Gasteiger partial charge in [0.1, 0.15) is 0 Å². The van der Waals surface area contributed by atoms with Crippen molar-refractivity contribution in [1.29, 1.82) is 0 Å². The van der Waals surface area contributed by atoms with Crippen LogP contribution in [-0.4, -0.2) is 29.6 Å². The van der Waals surface area contributed by atoms with E-state index in [1.807, 2.05) is 0 Å². The van der Waals surface area contributed by atoms with Crippen molar-refractivity contribution in [3.63, 3.8) is 0 Å². The van der Waals surface area contributed by atoms with Crippen LogP contribution in [-0.2, 0) is 0 Å². The zero-order valence-electron chi connectivity index (χ0n) is 8.76. The highest BCUT2D eigenvalue weighted by molar-refractivity contribution is 4.93. The van der Waals surface area contributed by atoms with Gasteiger partial charge in [-0.1, -0.05) is 19.3 Å². The lowest BCUT2D eigenvalue weighted by Crippen LogP contribution is -2.47. The molecule has 0 bridgehead atoms. The highest BCUT2D eigenvalue weighted by Crippen LogP contribution is 2.34. The van der Waals surface area contributed by atoms with Crippen LogP contribution < -0.4 is 5.73 Å². The molecule has 1 aliphatic carbocycles.